The minimum atomic E-state index is -0.912. The van der Waals surface area contributed by atoms with E-state index in [0.717, 1.165) is 17.0 Å². The second-order valence-electron chi connectivity index (χ2n) is 5.03. The molecule has 0 aromatic carbocycles. The lowest BCUT2D eigenvalue weighted by molar-refractivity contribution is -0.119. The zero-order valence-electron chi connectivity index (χ0n) is 11.5. The largest absolute Gasteiger partial charge is 0.477 e. The molecule has 0 saturated heterocycles. The maximum Gasteiger partial charge on any atom is 0.345 e. The Morgan fingerprint density at radius 1 is 1.47 bits per heavy atom. The van der Waals surface area contributed by atoms with Crippen molar-refractivity contribution >= 4 is 23.2 Å². The lowest BCUT2D eigenvalue weighted by Gasteiger charge is -2.22. The lowest BCUT2D eigenvalue weighted by atomic mass is 10.1. The van der Waals surface area contributed by atoms with E-state index in [1.165, 1.54) is 11.3 Å². The number of aryl methyl sites for hydroxylation is 1. The van der Waals surface area contributed by atoms with Gasteiger partial charge in [0.1, 0.15) is 4.88 Å². The number of carboxylic acid groups (broad SMARTS) is 1. The minimum absolute atomic E-state index is 0.190. The van der Waals surface area contributed by atoms with Gasteiger partial charge in [-0.05, 0) is 24.5 Å². The van der Waals surface area contributed by atoms with Crippen LogP contribution in [0.2, 0.25) is 0 Å². The molecule has 1 aromatic rings. The third-order valence-corrected chi connectivity index (χ3v) is 3.71. The Morgan fingerprint density at radius 2 is 2.11 bits per heavy atom. The molecule has 1 heterocycles. The van der Waals surface area contributed by atoms with Gasteiger partial charge in [-0.1, -0.05) is 13.8 Å². The van der Waals surface area contributed by atoms with Crippen LogP contribution < -0.4 is 5.73 Å². The summed E-state index contributed by atoms with van der Waals surface area (Å²) in [6.07, 6.45) is 0. The van der Waals surface area contributed by atoms with Crippen molar-refractivity contribution < 1.29 is 14.7 Å². The van der Waals surface area contributed by atoms with Crippen LogP contribution in [0.3, 0.4) is 0 Å². The van der Waals surface area contributed by atoms with E-state index >= 15 is 0 Å². The summed E-state index contributed by atoms with van der Waals surface area (Å²) in [5.74, 6) is -0.867. The standard InChI is InChI=1S/C13H20N2O3S/c1-8(2)5-15(7-12(14)16)6-10-4-11(13(17)18)19-9(10)3/h4,8H,5-7H2,1-3H3,(H2,14,16)(H,17,18). The van der Waals surface area contributed by atoms with Gasteiger partial charge in [-0.3, -0.25) is 9.69 Å². The maximum atomic E-state index is 11.1. The van der Waals surface area contributed by atoms with Gasteiger partial charge in [0.15, 0.2) is 0 Å². The van der Waals surface area contributed by atoms with Crippen molar-refractivity contribution in [2.24, 2.45) is 11.7 Å². The number of hydrogen-bond donors (Lipinski definition) is 2. The molecule has 0 spiro atoms. The summed E-state index contributed by atoms with van der Waals surface area (Å²) in [6, 6.07) is 1.68. The van der Waals surface area contributed by atoms with Gasteiger partial charge in [-0.25, -0.2) is 4.79 Å². The molecule has 1 rings (SSSR count). The number of aromatic carboxylic acids is 1. The molecule has 1 amide bonds. The molecular formula is C13H20N2O3S. The van der Waals surface area contributed by atoms with Crippen LogP contribution in [-0.4, -0.2) is 35.0 Å². The molecule has 0 bridgehead atoms. The van der Waals surface area contributed by atoms with Gasteiger partial charge >= 0.3 is 5.97 Å². The number of amides is 1. The van der Waals surface area contributed by atoms with Gasteiger partial charge in [0.2, 0.25) is 5.91 Å². The number of nitrogens with two attached hydrogens (primary N) is 1. The zero-order valence-corrected chi connectivity index (χ0v) is 12.3. The van der Waals surface area contributed by atoms with Crippen LogP contribution in [0.15, 0.2) is 6.07 Å². The highest BCUT2D eigenvalue weighted by Crippen LogP contribution is 2.23. The highest BCUT2D eigenvalue weighted by atomic mass is 32.1. The van der Waals surface area contributed by atoms with Crippen LogP contribution in [0.1, 0.15) is 34.0 Å². The van der Waals surface area contributed by atoms with Gasteiger partial charge < -0.3 is 10.8 Å². The van der Waals surface area contributed by atoms with Crippen LogP contribution in [0.5, 0.6) is 0 Å². The quantitative estimate of drug-likeness (QED) is 0.798. The Balaban J connectivity index is 2.83. The van der Waals surface area contributed by atoms with Crippen molar-refractivity contribution in [1.29, 1.82) is 0 Å². The van der Waals surface area contributed by atoms with E-state index in [0.29, 0.717) is 17.3 Å². The Morgan fingerprint density at radius 3 is 2.53 bits per heavy atom. The zero-order chi connectivity index (χ0) is 14.6. The fourth-order valence-electron chi connectivity index (χ4n) is 1.94. The number of primary amides is 1. The van der Waals surface area contributed by atoms with Crippen molar-refractivity contribution in [1.82, 2.24) is 4.90 Å². The summed E-state index contributed by atoms with van der Waals surface area (Å²) in [4.78, 5) is 25.2. The summed E-state index contributed by atoms with van der Waals surface area (Å²) in [7, 11) is 0. The van der Waals surface area contributed by atoms with Crippen molar-refractivity contribution in [2.75, 3.05) is 13.1 Å². The molecule has 19 heavy (non-hydrogen) atoms. The predicted octanol–water partition coefficient (Wildman–Crippen LogP) is 1.70. The van der Waals surface area contributed by atoms with Gasteiger partial charge in [-0.15, -0.1) is 11.3 Å². The Hall–Kier alpha value is -1.40. The summed E-state index contributed by atoms with van der Waals surface area (Å²) in [5, 5.41) is 8.97. The van der Waals surface area contributed by atoms with E-state index in [4.69, 9.17) is 10.8 Å². The summed E-state index contributed by atoms with van der Waals surface area (Å²) >= 11 is 1.26. The molecule has 0 radical (unpaired) electrons. The molecule has 106 valence electrons. The van der Waals surface area contributed by atoms with Crippen molar-refractivity contribution in [3.05, 3.63) is 21.4 Å². The van der Waals surface area contributed by atoms with Gasteiger partial charge in [0.05, 0.1) is 6.54 Å². The molecule has 0 saturated carbocycles. The van der Waals surface area contributed by atoms with E-state index in [1.54, 1.807) is 6.07 Å². The number of carboxylic acids is 1. The SMILES string of the molecule is Cc1sc(C(=O)O)cc1CN(CC(N)=O)CC(C)C. The number of hydrogen-bond acceptors (Lipinski definition) is 4. The summed E-state index contributed by atoms with van der Waals surface area (Å²) in [5.41, 5.74) is 6.19. The molecule has 0 aliphatic rings. The number of rotatable bonds is 7. The average molecular weight is 284 g/mol. The first kappa shape index (κ1) is 15.7. The fourth-order valence-corrected chi connectivity index (χ4v) is 2.82. The van der Waals surface area contributed by atoms with Crippen molar-refractivity contribution in [2.45, 2.75) is 27.3 Å². The van der Waals surface area contributed by atoms with E-state index in [1.807, 2.05) is 11.8 Å². The van der Waals surface area contributed by atoms with Crippen molar-refractivity contribution in [3.63, 3.8) is 0 Å². The van der Waals surface area contributed by atoms with Crippen LogP contribution in [0, 0.1) is 12.8 Å². The normalized spacial score (nSPS) is 11.2. The number of nitrogens with zero attached hydrogens (tertiary/aromatic N) is 1. The van der Waals surface area contributed by atoms with E-state index < -0.39 is 5.97 Å². The topological polar surface area (TPSA) is 83.6 Å². The van der Waals surface area contributed by atoms with Crippen LogP contribution >= 0.6 is 11.3 Å². The van der Waals surface area contributed by atoms with E-state index in [2.05, 4.69) is 13.8 Å². The molecule has 0 fully saturated rings. The Kier molecular flexibility index (Phi) is 5.50. The number of thiophene rings is 1. The first-order valence-electron chi connectivity index (χ1n) is 6.12. The molecular weight excluding hydrogens is 264 g/mol. The first-order valence-corrected chi connectivity index (χ1v) is 6.94. The molecule has 0 atom stereocenters. The molecule has 0 aliphatic heterocycles. The molecule has 6 heteroatoms. The minimum Gasteiger partial charge on any atom is -0.477 e. The maximum absolute atomic E-state index is 11.1. The molecule has 1 aromatic heterocycles. The molecule has 0 unspecified atom stereocenters. The Bertz CT molecular complexity index is 468. The smallest absolute Gasteiger partial charge is 0.345 e. The van der Waals surface area contributed by atoms with Gasteiger partial charge in [0, 0.05) is 18.0 Å². The molecule has 3 N–H and O–H groups in total. The van der Waals surface area contributed by atoms with Crippen LogP contribution in [-0.2, 0) is 11.3 Å². The fraction of sp³-hybridized carbons (Fsp3) is 0.538. The molecule has 0 aliphatic carbocycles. The summed E-state index contributed by atoms with van der Waals surface area (Å²) < 4.78 is 0. The van der Waals surface area contributed by atoms with E-state index in [9.17, 15) is 9.59 Å². The number of carbonyl (C=O) groups is 2. The Labute approximate surface area is 117 Å². The highest BCUT2D eigenvalue weighted by molar-refractivity contribution is 7.14. The predicted molar refractivity (Wildman–Crippen MR) is 75.3 cm³/mol. The second kappa shape index (κ2) is 6.68. The van der Waals surface area contributed by atoms with Crippen molar-refractivity contribution in [3.8, 4) is 0 Å². The third kappa shape index (κ3) is 5.00. The van der Waals surface area contributed by atoms with Gasteiger partial charge in [-0.2, -0.15) is 0 Å². The van der Waals surface area contributed by atoms with E-state index in [-0.39, 0.29) is 12.5 Å². The first-order chi connectivity index (χ1) is 8.79. The van der Waals surface area contributed by atoms with Crippen LogP contribution in [0.4, 0.5) is 0 Å². The second-order valence-corrected chi connectivity index (χ2v) is 6.28. The number of carbonyl (C=O) groups excluding carboxylic acids is 1. The van der Waals surface area contributed by atoms with Crippen LogP contribution in [0.25, 0.3) is 0 Å². The lowest BCUT2D eigenvalue weighted by Crippen LogP contribution is -2.35. The summed E-state index contributed by atoms with van der Waals surface area (Å²) in [6.45, 7) is 7.52. The average Bonchev–Trinajstić information content (AvgIpc) is 2.58. The third-order valence-electron chi connectivity index (χ3n) is 2.63. The monoisotopic (exact) mass is 284 g/mol. The molecule has 5 nitrogen and oxygen atoms in total. The highest BCUT2D eigenvalue weighted by Gasteiger charge is 2.16. The van der Waals surface area contributed by atoms with Gasteiger partial charge in [0.25, 0.3) is 0 Å².